The van der Waals surface area contributed by atoms with E-state index in [4.69, 9.17) is 0 Å². The summed E-state index contributed by atoms with van der Waals surface area (Å²) in [4.78, 5) is 17.5. The van der Waals surface area contributed by atoms with Gasteiger partial charge < -0.3 is 10.3 Å². The minimum atomic E-state index is -0.0928. The Morgan fingerprint density at radius 1 is 1.82 bits per heavy atom. The van der Waals surface area contributed by atoms with Gasteiger partial charge in [-0.3, -0.25) is 4.79 Å². The molecule has 0 aliphatic carbocycles. The fourth-order valence-corrected chi connectivity index (χ4v) is 0.745. The van der Waals surface area contributed by atoms with Gasteiger partial charge in [-0.25, -0.2) is 4.98 Å². The number of carbonyl (C=O) groups is 1. The van der Waals surface area contributed by atoms with Crippen molar-refractivity contribution >= 4 is 18.5 Å². The van der Waals surface area contributed by atoms with E-state index in [1.54, 1.807) is 12.4 Å². The number of rotatable bonds is 3. The number of hydrogen-bond acceptors (Lipinski definition) is 3. The number of carbonyl (C=O) groups excluding carboxylic acids is 1. The van der Waals surface area contributed by atoms with Crippen molar-refractivity contribution in [1.29, 1.82) is 0 Å². The topological polar surface area (TPSA) is 57.8 Å². The summed E-state index contributed by atoms with van der Waals surface area (Å²) in [6.45, 7) is 0.437. The molecule has 5 heteroatoms. The number of nitrogens with zero attached hydrogens (tertiary/aromatic N) is 1. The maximum Gasteiger partial charge on any atom is 0.230 e. The first-order chi connectivity index (χ1) is 5.33. The van der Waals surface area contributed by atoms with Gasteiger partial charge in [0.2, 0.25) is 5.91 Å². The van der Waals surface area contributed by atoms with Gasteiger partial charge in [-0.15, -0.1) is 0 Å². The lowest BCUT2D eigenvalue weighted by molar-refractivity contribution is -0.118. The fourth-order valence-electron chi connectivity index (χ4n) is 0.633. The van der Waals surface area contributed by atoms with Gasteiger partial charge in [0.05, 0.1) is 12.3 Å². The Balaban J connectivity index is 2.29. The lowest BCUT2D eigenvalue weighted by Gasteiger charge is -1.98. The van der Waals surface area contributed by atoms with Crippen LogP contribution in [-0.2, 0) is 11.3 Å². The van der Waals surface area contributed by atoms with Crippen molar-refractivity contribution in [3.8, 4) is 0 Å². The van der Waals surface area contributed by atoms with Crippen LogP contribution in [0.2, 0.25) is 0 Å². The van der Waals surface area contributed by atoms with Gasteiger partial charge in [0, 0.05) is 12.4 Å². The molecule has 0 unspecified atom stereocenters. The van der Waals surface area contributed by atoms with Crippen molar-refractivity contribution in [2.24, 2.45) is 0 Å². The SMILES string of the molecule is O=C(CS)NCc1ncc[nH]1. The molecule has 0 aliphatic heterocycles. The number of thiol groups is 1. The van der Waals surface area contributed by atoms with Crippen LogP contribution in [0, 0.1) is 0 Å². The van der Waals surface area contributed by atoms with E-state index in [1.165, 1.54) is 0 Å². The number of hydrogen-bond donors (Lipinski definition) is 3. The molecular weight excluding hydrogens is 162 g/mol. The number of aromatic amines is 1. The average Bonchev–Trinajstić information content (AvgIpc) is 2.52. The monoisotopic (exact) mass is 171 g/mol. The second-order valence-electron chi connectivity index (χ2n) is 1.97. The van der Waals surface area contributed by atoms with E-state index in [0.717, 1.165) is 5.82 Å². The van der Waals surface area contributed by atoms with Crippen LogP contribution in [0.5, 0.6) is 0 Å². The third kappa shape index (κ3) is 2.63. The Morgan fingerprint density at radius 2 is 2.64 bits per heavy atom. The predicted molar refractivity (Wildman–Crippen MR) is 44.3 cm³/mol. The van der Waals surface area contributed by atoms with Crippen LogP contribution in [0.25, 0.3) is 0 Å². The highest BCUT2D eigenvalue weighted by Crippen LogP contribution is 1.86. The van der Waals surface area contributed by atoms with Crippen LogP contribution in [0.1, 0.15) is 5.82 Å². The van der Waals surface area contributed by atoms with E-state index in [2.05, 4.69) is 27.9 Å². The predicted octanol–water partition coefficient (Wildman–Crippen LogP) is -0.0443. The molecule has 1 amide bonds. The van der Waals surface area contributed by atoms with E-state index in [1.807, 2.05) is 0 Å². The molecule has 0 aliphatic rings. The Morgan fingerprint density at radius 3 is 3.18 bits per heavy atom. The van der Waals surface area contributed by atoms with Gasteiger partial charge in [0.1, 0.15) is 5.82 Å². The zero-order chi connectivity index (χ0) is 8.10. The molecule has 0 radical (unpaired) electrons. The maximum absolute atomic E-state index is 10.7. The molecular formula is C6H9N3OS. The highest BCUT2D eigenvalue weighted by Gasteiger charge is 1.97. The largest absolute Gasteiger partial charge is 0.348 e. The van der Waals surface area contributed by atoms with E-state index in [-0.39, 0.29) is 11.7 Å². The molecule has 0 saturated heterocycles. The van der Waals surface area contributed by atoms with Crippen LogP contribution in [-0.4, -0.2) is 21.6 Å². The molecule has 1 heterocycles. The first-order valence-electron chi connectivity index (χ1n) is 3.18. The lowest BCUT2D eigenvalue weighted by atomic mass is 10.5. The molecule has 2 N–H and O–H groups in total. The van der Waals surface area contributed by atoms with Crippen LogP contribution in [0.4, 0.5) is 0 Å². The molecule has 4 nitrogen and oxygen atoms in total. The van der Waals surface area contributed by atoms with Gasteiger partial charge in [-0.2, -0.15) is 12.6 Å². The molecule has 60 valence electrons. The zero-order valence-corrected chi connectivity index (χ0v) is 6.77. The first-order valence-corrected chi connectivity index (χ1v) is 3.82. The summed E-state index contributed by atoms with van der Waals surface area (Å²) in [6.07, 6.45) is 3.35. The molecule has 0 aromatic carbocycles. The summed E-state index contributed by atoms with van der Waals surface area (Å²) in [5, 5.41) is 2.63. The molecule has 0 atom stereocenters. The Labute approximate surface area is 69.8 Å². The van der Waals surface area contributed by atoms with Crippen molar-refractivity contribution in [3.63, 3.8) is 0 Å². The highest BCUT2D eigenvalue weighted by atomic mass is 32.1. The van der Waals surface area contributed by atoms with E-state index in [0.29, 0.717) is 6.54 Å². The van der Waals surface area contributed by atoms with Crippen molar-refractivity contribution in [3.05, 3.63) is 18.2 Å². The second-order valence-corrected chi connectivity index (χ2v) is 2.29. The molecule has 1 rings (SSSR count). The Kier molecular flexibility index (Phi) is 2.97. The average molecular weight is 171 g/mol. The van der Waals surface area contributed by atoms with Crippen molar-refractivity contribution in [2.45, 2.75) is 6.54 Å². The number of aromatic nitrogens is 2. The van der Waals surface area contributed by atoms with Crippen LogP contribution in [0.3, 0.4) is 0 Å². The molecule has 0 spiro atoms. The van der Waals surface area contributed by atoms with Gasteiger partial charge in [-0.05, 0) is 0 Å². The van der Waals surface area contributed by atoms with Crippen LogP contribution in [0.15, 0.2) is 12.4 Å². The van der Waals surface area contributed by atoms with Gasteiger partial charge in [0.25, 0.3) is 0 Å². The van der Waals surface area contributed by atoms with Gasteiger partial charge in [-0.1, -0.05) is 0 Å². The molecule has 0 saturated carbocycles. The Bertz CT molecular complexity index is 222. The van der Waals surface area contributed by atoms with Crippen molar-refractivity contribution < 1.29 is 4.79 Å². The third-order valence-electron chi connectivity index (χ3n) is 1.15. The number of nitrogens with one attached hydrogen (secondary N) is 2. The molecule has 1 aromatic rings. The first kappa shape index (κ1) is 8.13. The lowest BCUT2D eigenvalue weighted by Crippen LogP contribution is -2.24. The summed E-state index contributed by atoms with van der Waals surface area (Å²) in [6, 6.07) is 0. The van der Waals surface area contributed by atoms with Crippen molar-refractivity contribution in [1.82, 2.24) is 15.3 Å². The van der Waals surface area contributed by atoms with Crippen molar-refractivity contribution in [2.75, 3.05) is 5.75 Å². The molecule has 1 aromatic heterocycles. The summed E-state index contributed by atoms with van der Waals surface area (Å²) < 4.78 is 0. The van der Waals surface area contributed by atoms with Crippen LogP contribution >= 0.6 is 12.6 Å². The van der Waals surface area contributed by atoms with Gasteiger partial charge >= 0.3 is 0 Å². The summed E-state index contributed by atoms with van der Waals surface area (Å²) >= 11 is 3.80. The third-order valence-corrected chi connectivity index (χ3v) is 1.44. The number of H-pyrrole nitrogens is 1. The zero-order valence-electron chi connectivity index (χ0n) is 5.87. The normalized spacial score (nSPS) is 9.55. The minimum absolute atomic E-state index is 0.0928. The molecule has 0 fully saturated rings. The smallest absolute Gasteiger partial charge is 0.230 e. The minimum Gasteiger partial charge on any atom is -0.348 e. The van der Waals surface area contributed by atoms with Crippen LogP contribution < -0.4 is 5.32 Å². The van der Waals surface area contributed by atoms with Gasteiger partial charge in [0.15, 0.2) is 0 Å². The Hall–Kier alpha value is -0.970. The fraction of sp³-hybridized carbons (Fsp3) is 0.333. The summed E-state index contributed by atoms with van der Waals surface area (Å²) in [5.41, 5.74) is 0. The number of imidazole rings is 1. The second kappa shape index (κ2) is 4.02. The van der Waals surface area contributed by atoms with E-state index in [9.17, 15) is 4.79 Å². The molecule has 11 heavy (non-hydrogen) atoms. The quantitative estimate of drug-likeness (QED) is 0.559. The number of amides is 1. The summed E-state index contributed by atoms with van der Waals surface area (Å²) in [5.74, 6) is 0.866. The molecule has 0 bridgehead atoms. The highest BCUT2D eigenvalue weighted by molar-refractivity contribution is 7.81. The standard InChI is InChI=1S/C6H9N3OS/c10-6(4-11)9-3-5-7-1-2-8-5/h1-2,11H,3-4H2,(H,7,8)(H,9,10). The maximum atomic E-state index is 10.7. The van der Waals surface area contributed by atoms with E-state index >= 15 is 0 Å². The van der Waals surface area contributed by atoms with E-state index < -0.39 is 0 Å². The summed E-state index contributed by atoms with van der Waals surface area (Å²) in [7, 11) is 0.